The highest BCUT2D eigenvalue weighted by atomic mass is 32.1. The number of nitrogens with one attached hydrogen (secondary N) is 4. The Bertz CT molecular complexity index is 250. The molecular weight excluding hydrogens is 240 g/mol. The molecular formula is C10H18N4S2. The van der Waals surface area contributed by atoms with Crippen molar-refractivity contribution in [2.45, 2.75) is 25.9 Å². The Balaban J connectivity index is 3.79. The first kappa shape index (κ1) is 14.9. The molecule has 0 aromatic rings. The summed E-state index contributed by atoms with van der Waals surface area (Å²) in [6, 6.07) is 0.214. The molecule has 0 aliphatic carbocycles. The minimum atomic E-state index is 0.107. The second kappa shape index (κ2) is 8.06. The third-order valence-electron chi connectivity index (χ3n) is 1.71. The van der Waals surface area contributed by atoms with Crippen LogP contribution in [0.5, 0.6) is 0 Å². The van der Waals surface area contributed by atoms with E-state index in [4.69, 9.17) is 24.4 Å². The summed E-state index contributed by atoms with van der Waals surface area (Å²) in [6.45, 7) is 11.2. The minimum Gasteiger partial charge on any atom is -0.355 e. The zero-order chi connectivity index (χ0) is 12.6. The van der Waals surface area contributed by atoms with Crippen LogP contribution in [0, 0.1) is 0 Å². The van der Waals surface area contributed by atoms with Crippen molar-refractivity contribution in [1.29, 1.82) is 0 Å². The smallest absolute Gasteiger partial charge is 0.185 e. The van der Waals surface area contributed by atoms with Gasteiger partial charge in [-0.25, -0.2) is 0 Å². The van der Waals surface area contributed by atoms with Crippen LogP contribution in [-0.2, 0) is 0 Å². The van der Waals surface area contributed by atoms with Crippen LogP contribution in [-0.4, -0.2) is 22.3 Å². The van der Waals surface area contributed by atoms with Gasteiger partial charge in [-0.2, -0.15) is 0 Å². The topological polar surface area (TPSA) is 48.1 Å². The van der Waals surface area contributed by atoms with E-state index in [1.54, 1.807) is 12.2 Å². The summed E-state index contributed by atoms with van der Waals surface area (Å²) in [7, 11) is 0. The molecule has 90 valence electrons. The molecule has 16 heavy (non-hydrogen) atoms. The third-order valence-corrected chi connectivity index (χ3v) is 2.15. The average molecular weight is 258 g/mol. The van der Waals surface area contributed by atoms with Gasteiger partial charge in [-0.15, -0.1) is 13.2 Å². The number of hydrogen-bond donors (Lipinski definition) is 4. The monoisotopic (exact) mass is 258 g/mol. The van der Waals surface area contributed by atoms with Crippen LogP contribution in [0.2, 0.25) is 0 Å². The van der Waals surface area contributed by atoms with Crippen molar-refractivity contribution in [3.05, 3.63) is 25.3 Å². The molecule has 0 unspecified atom stereocenters. The van der Waals surface area contributed by atoms with Crippen molar-refractivity contribution in [2.24, 2.45) is 0 Å². The summed E-state index contributed by atoms with van der Waals surface area (Å²) in [4.78, 5) is 0. The minimum absolute atomic E-state index is 0.107. The molecule has 0 fully saturated rings. The second-order valence-electron chi connectivity index (χ2n) is 3.25. The van der Waals surface area contributed by atoms with Crippen molar-refractivity contribution >= 4 is 34.7 Å². The van der Waals surface area contributed by atoms with Gasteiger partial charge in [0.25, 0.3) is 0 Å². The van der Waals surface area contributed by atoms with E-state index in [1.807, 2.05) is 13.8 Å². The van der Waals surface area contributed by atoms with E-state index in [1.165, 1.54) is 0 Å². The summed E-state index contributed by atoms with van der Waals surface area (Å²) in [6.07, 6.45) is 3.51. The fourth-order valence-electron chi connectivity index (χ4n) is 0.717. The Morgan fingerprint density at radius 2 is 1.25 bits per heavy atom. The van der Waals surface area contributed by atoms with Crippen molar-refractivity contribution in [3.63, 3.8) is 0 Å². The molecule has 0 saturated carbocycles. The molecule has 2 atom stereocenters. The molecule has 0 aromatic carbocycles. The maximum atomic E-state index is 5.02. The molecule has 0 heterocycles. The highest BCUT2D eigenvalue weighted by molar-refractivity contribution is 7.80. The maximum absolute atomic E-state index is 5.02. The second-order valence-corrected chi connectivity index (χ2v) is 4.06. The molecule has 0 rings (SSSR count). The molecule has 0 aromatic heterocycles. The van der Waals surface area contributed by atoms with Crippen molar-refractivity contribution in [3.8, 4) is 0 Å². The standard InChI is InChI=1S/C10H18N4S2/c1-5-7(3)11-9(15)13-14-10(16)12-8(4)6-2/h5-8H,1-2H2,3-4H3,(H2,11,13,15)(H2,12,14,16)/t7-,8-/m1/s1. The number of hydrogen-bond acceptors (Lipinski definition) is 2. The van der Waals surface area contributed by atoms with Gasteiger partial charge >= 0.3 is 0 Å². The van der Waals surface area contributed by atoms with Gasteiger partial charge in [0.05, 0.1) is 0 Å². The Hall–Kier alpha value is -1.14. The van der Waals surface area contributed by atoms with Crippen LogP contribution in [0.3, 0.4) is 0 Å². The Kier molecular flexibility index (Phi) is 7.49. The molecule has 0 aliphatic rings. The van der Waals surface area contributed by atoms with Gasteiger partial charge in [-0.1, -0.05) is 12.2 Å². The molecule has 0 amide bonds. The normalized spacial score (nSPS) is 12.9. The summed E-state index contributed by atoms with van der Waals surface area (Å²) >= 11 is 10.0. The lowest BCUT2D eigenvalue weighted by Crippen LogP contribution is -2.52. The number of hydrazine groups is 1. The van der Waals surface area contributed by atoms with Crippen molar-refractivity contribution in [2.75, 3.05) is 0 Å². The molecule has 0 bridgehead atoms. The SMILES string of the molecule is C=C[C@@H](C)NC(=S)NNC(=S)N[C@H](C)C=C. The Morgan fingerprint density at radius 3 is 1.50 bits per heavy atom. The highest BCUT2D eigenvalue weighted by Crippen LogP contribution is 1.82. The number of rotatable bonds is 4. The number of thiocarbonyl (C=S) groups is 2. The van der Waals surface area contributed by atoms with Gasteiger partial charge < -0.3 is 10.6 Å². The van der Waals surface area contributed by atoms with Gasteiger partial charge in [0.1, 0.15) is 0 Å². The maximum Gasteiger partial charge on any atom is 0.185 e. The van der Waals surface area contributed by atoms with Crippen LogP contribution in [0.25, 0.3) is 0 Å². The lowest BCUT2D eigenvalue weighted by atomic mass is 10.3. The summed E-state index contributed by atoms with van der Waals surface area (Å²) in [5.74, 6) is 0. The van der Waals surface area contributed by atoms with Crippen molar-refractivity contribution in [1.82, 2.24) is 21.5 Å². The lowest BCUT2D eigenvalue weighted by molar-refractivity contribution is 0.726. The van der Waals surface area contributed by atoms with E-state index in [-0.39, 0.29) is 12.1 Å². The molecule has 0 radical (unpaired) electrons. The molecule has 0 aliphatic heterocycles. The van der Waals surface area contributed by atoms with Crippen LogP contribution < -0.4 is 21.5 Å². The summed E-state index contributed by atoms with van der Waals surface area (Å²) in [5.41, 5.74) is 5.52. The molecule has 0 spiro atoms. The van der Waals surface area contributed by atoms with Crippen LogP contribution in [0.15, 0.2) is 25.3 Å². The lowest BCUT2D eigenvalue weighted by Gasteiger charge is -2.17. The average Bonchev–Trinajstić information content (AvgIpc) is 2.26. The van der Waals surface area contributed by atoms with Gasteiger partial charge in [0, 0.05) is 12.1 Å². The highest BCUT2D eigenvalue weighted by Gasteiger charge is 2.01. The predicted octanol–water partition coefficient (Wildman–Crippen LogP) is 0.979. The van der Waals surface area contributed by atoms with Crippen molar-refractivity contribution < 1.29 is 0 Å². The fraction of sp³-hybridized carbons (Fsp3) is 0.400. The first-order valence-corrected chi connectivity index (χ1v) is 5.69. The van der Waals surface area contributed by atoms with E-state index in [9.17, 15) is 0 Å². The zero-order valence-electron chi connectivity index (χ0n) is 9.54. The predicted molar refractivity (Wildman–Crippen MR) is 77.1 cm³/mol. The summed E-state index contributed by atoms with van der Waals surface area (Å²) in [5, 5.41) is 6.89. The van der Waals surface area contributed by atoms with Crippen LogP contribution in [0.1, 0.15) is 13.8 Å². The Morgan fingerprint density at radius 1 is 0.938 bits per heavy atom. The van der Waals surface area contributed by atoms with Crippen LogP contribution in [0.4, 0.5) is 0 Å². The van der Waals surface area contributed by atoms with Gasteiger partial charge in [-0.05, 0) is 38.3 Å². The van der Waals surface area contributed by atoms with Gasteiger partial charge in [0.2, 0.25) is 0 Å². The van der Waals surface area contributed by atoms with Gasteiger partial charge in [-0.3, -0.25) is 10.9 Å². The van der Waals surface area contributed by atoms with E-state index in [0.29, 0.717) is 10.2 Å². The molecule has 0 saturated heterocycles. The van der Waals surface area contributed by atoms with Gasteiger partial charge in [0.15, 0.2) is 10.2 Å². The van der Waals surface area contributed by atoms with E-state index in [2.05, 4.69) is 34.6 Å². The first-order chi connectivity index (χ1) is 7.49. The fourth-order valence-corrected chi connectivity index (χ4v) is 1.19. The Labute approximate surface area is 108 Å². The van der Waals surface area contributed by atoms with E-state index in [0.717, 1.165) is 0 Å². The molecule has 4 N–H and O–H groups in total. The quantitative estimate of drug-likeness (QED) is 0.343. The van der Waals surface area contributed by atoms with Crippen LogP contribution >= 0.6 is 24.4 Å². The molecule has 4 nitrogen and oxygen atoms in total. The van der Waals surface area contributed by atoms with E-state index >= 15 is 0 Å². The largest absolute Gasteiger partial charge is 0.355 e. The molecule has 6 heteroatoms. The van der Waals surface area contributed by atoms with E-state index < -0.39 is 0 Å². The first-order valence-electron chi connectivity index (χ1n) is 4.87. The third kappa shape index (κ3) is 7.19. The summed E-state index contributed by atoms with van der Waals surface area (Å²) < 4.78 is 0. The zero-order valence-corrected chi connectivity index (χ0v) is 11.2.